The van der Waals surface area contributed by atoms with E-state index in [4.69, 9.17) is 0 Å². The van der Waals surface area contributed by atoms with E-state index in [0.717, 1.165) is 24.4 Å². The predicted molar refractivity (Wildman–Crippen MR) is 69.4 cm³/mol. The van der Waals surface area contributed by atoms with Crippen molar-refractivity contribution in [3.05, 3.63) is 0 Å². The second-order valence-corrected chi connectivity index (χ2v) is 8.99. The molecule has 0 aromatic heterocycles. The van der Waals surface area contributed by atoms with Crippen molar-refractivity contribution in [1.82, 2.24) is 0 Å². The van der Waals surface area contributed by atoms with E-state index in [1.807, 2.05) is 0 Å². The van der Waals surface area contributed by atoms with Crippen molar-refractivity contribution >= 4 is 7.14 Å². The van der Waals surface area contributed by atoms with E-state index < -0.39 is 7.14 Å². The number of hydrogen-bond donors (Lipinski definition) is 0. The molecule has 1 saturated heterocycles. The van der Waals surface area contributed by atoms with Gasteiger partial charge in [-0.15, -0.1) is 0 Å². The van der Waals surface area contributed by atoms with Crippen LogP contribution < -0.4 is 0 Å². The number of hydrogen-bond acceptors (Lipinski definition) is 1. The Morgan fingerprint density at radius 2 is 1.60 bits per heavy atom. The molecule has 15 heavy (non-hydrogen) atoms. The smallest absolute Gasteiger partial charge is 0.0877 e. The van der Waals surface area contributed by atoms with Crippen molar-refractivity contribution in [3.63, 3.8) is 0 Å². The molecule has 0 saturated carbocycles. The molecule has 0 unspecified atom stereocenters. The van der Waals surface area contributed by atoms with Crippen LogP contribution in [0.25, 0.3) is 0 Å². The van der Waals surface area contributed by atoms with Crippen LogP contribution in [0.1, 0.15) is 58.8 Å². The molecule has 0 aromatic rings. The summed E-state index contributed by atoms with van der Waals surface area (Å²) in [5.74, 6) is 0.806. The van der Waals surface area contributed by atoms with Crippen molar-refractivity contribution in [2.75, 3.05) is 18.5 Å². The van der Waals surface area contributed by atoms with Crippen LogP contribution in [0.2, 0.25) is 0 Å². The van der Waals surface area contributed by atoms with Gasteiger partial charge in [-0.1, -0.05) is 39.5 Å². The molecule has 0 bridgehead atoms. The molecule has 1 aliphatic heterocycles. The van der Waals surface area contributed by atoms with Crippen LogP contribution in [0, 0.1) is 5.92 Å². The second-order valence-electron chi connectivity index (χ2n) is 5.53. The molecule has 90 valence electrons. The molecule has 1 heterocycles. The lowest BCUT2D eigenvalue weighted by Crippen LogP contribution is -1.99. The van der Waals surface area contributed by atoms with Crippen LogP contribution in [0.4, 0.5) is 0 Å². The highest BCUT2D eigenvalue weighted by Crippen LogP contribution is 2.49. The summed E-state index contributed by atoms with van der Waals surface area (Å²) in [5, 5.41) is 0. The van der Waals surface area contributed by atoms with Crippen molar-refractivity contribution in [2.24, 2.45) is 5.92 Å². The molecule has 0 atom stereocenters. The van der Waals surface area contributed by atoms with Crippen LogP contribution in [0.15, 0.2) is 0 Å². The van der Waals surface area contributed by atoms with Gasteiger partial charge in [0.2, 0.25) is 0 Å². The number of rotatable bonds is 5. The summed E-state index contributed by atoms with van der Waals surface area (Å²) in [7, 11) is -1.72. The number of unbranched alkanes of at least 4 members (excludes halogenated alkanes) is 1. The van der Waals surface area contributed by atoms with Crippen molar-refractivity contribution in [1.29, 1.82) is 0 Å². The van der Waals surface area contributed by atoms with E-state index in [9.17, 15) is 4.57 Å². The van der Waals surface area contributed by atoms with Crippen LogP contribution in [-0.2, 0) is 4.57 Å². The summed E-state index contributed by atoms with van der Waals surface area (Å²) >= 11 is 0. The average Bonchev–Trinajstić information content (AvgIpc) is 2.38. The van der Waals surface area contributed by atoms with Crippen molar-refractivity contribution < 1.29 is 4.57 Å². The van der Waals surface area contributed by atoms with Gasteiger partial charge in [-0.25, -0.2) is 0 Å². The Labute approximate surface area is 95.4 Å². The third kappa shape index (κ3) is 5.76. The quantitative estimate of drug-likeness (QED) is 0.492. The van der Waals surface area contributed by atoms with E-state index in [1.165, 1.54) is 44.9 Å². The van der Waals surface area contributed by atoms with E-state index >= 15 is 0 Å². The first-order valence-corrected chi connectivity index (χ1v) is 8.96. The van der Waals surface area contributed by atoms with Gasteiger partial charge in [0.1, 0.15) is 0 Å². The molecular weight excluding hydrogens is 203 g/mol. The zero-order valence-corrected chi connectivity index (χ0v) is 11.4. The lowest BCUT2D eigenvalue weighted by Gasteiger charge is -2.15. The van der Waals surface area contributed by atoms with Gasteiger partial charge in [0.25, 0.3) is 0 Å². The summed E-state index contributed by atoms with van der Waals surface area (Å²) in [6, 6.07) is 0. The molecule has 0 aromatic carbocycles. The molecule has 1 nitrogen and oxygen atoms in total. The van der Waals surface area contributed by atoms with Crippen LogP contribution in [0.5, 0.6) is 0 Å². The summed E-state index contributed by atoms with van der Waals surface area (Å²) in [6.07, 6.45) is 12.0. The van der Waals surface area contributed by atoms with Crippen LogP contribution in [-0.4, -0.2) is 18.5 Å². The SMILES string of the molecule is CC(C)CCCCP1(=O)CCCCCC1. The Balaban J connectivity index is 2.20. The topological polar surface area (TPSA) is 17.1 Å². The molecule has 0 amide bonds. The van der Waals surface area contributed by atoms with Crippen LogP contribution >= 0.6 is 7.14 Å². The normalized spacial score (nSPS) is 21.5. The lowest BCUT2D eigenvalue weighted by molar-refractivity contribution is 0.541. The maximum atomic E-state index is 12.5. The highest BCUT2D eigenvalue weighted by Gasteiger charge is 2.22. The van der Waals surface area contributed by atoms with Crippen molar-refractivity contribution in [2.45, 2.75) is 58.8 Å². The van der Waals surface area contributed by atoms with Gasteiger partial charge in [0.05, 0.1) is 7.14 Å². The second kappa shape index (κ2) is 6.74. The zero-order valence-electron chi connectivity index (χ0n) is 10.5. The molecule has 1 aliphatic rings. The van der Waals surface area contributed by atoms with E-state index in [2.05, 4.69) is 13.8 Å². The maximum absolute atomic E-state index is 12.5. The molecule has 1 rings (SSSR count). The summed E-state index contributed by atoms with van der Waals surface area (Å²) < 4.78 is 12.5. The standard InChI is InChI=1S/C13H27OP/c1-13(2)9-5-8-12-15(14)10-6-3-4-7-11-15/h13H,3-12H2,1-2H3. The molecule has 0 radical (unpaired) electrons. The Morgan fingerprint density at radius 1 is 1.00 bits per heavy atom. The van der Waals surface area contributed by atoms with Crippen LogP contribution in [0.3, 0.4) is 0 Å². The third-order valence-electron chi connectivity index (χ3n) is 3.48. The Morgan fingerprint density at radius 3 is 2.13 bits per heavy atom. The molecule has 0 aliphatic carbocycles. The summed E-state index contributed by atoms with van der Waals surface area (Å²) in [4.78, 5) is 0. The monoisotopic (exact) mass is 230 g/mol. The Bertz CT molecular complexity index is 199. The molecule has 1 fully saturated rings. The van der Waals surface area contributed by atoms with Gasteiger partial charge >= 0.3 is 0 Å². The van der Waals surface area contributed by atoms with Gasteiger partial charge in [-0.05, 0) is 25.2 Å². The predicted octanol–water partition coefficient (Wildman–Crippen LogP) is 4.75. The third-order valence-corrected chi connectivity index (χ3v) is 6.87. The Kier molecular flexibility index (Phi) is 5.97. The molecular formula is C13H27OP. The largest absolute Gasteiger partial charge is 0.324 e. The van der Waals surface area contributed by atoms with Gasteiger partial charge in [-0.3, -0.25) is 0 Å². The zero-order chi connectivity index (χ0) is 11.1. The average molecular weight is 230 g/mol. The molecule has 0 N–H and O–H groups in total. The maximum Gasteiger partial charge on any atom is 0.0877 e. The first-order valence-electron chi connectivity index (χ1n) is 6.69. The fourth-order valence-electron chi connectivity index (χ4n) is 2.44. The minimum atomic E-state index is -1.72. The lowest BCUT2D eigenvalue weighted by atomic mass is 10.1. The fraction of sp³-hybridized carbons (Fsp3) is 1.00. The van der Waals surface area contributed by atoms with Crippen molar-refractivity contribution in [3.8, 4) is 0 Å². The van der Waals surface area contributed by atoms with E-state index in [0.29, 0.717) is 0 Å². The first kappa shape index (κ1) is 13.3. The molecule has 2 heteroatoms. The van der Waals surface area contributed by atoms with E-state index in [-0.39, 0.29) is 0 Å². The minimum absolute atomic E-state index is 0.806. The van der Waals surface area contributed by atoms with E-state index in [1.54, 1.807) is 0 Å². The highest BCUT2D eigenvalue weighted by atomic mass is 31.2. The van der Waals surface area contributed by atoms with Gasteiger partial charge in [0, 0.05) is 18.5 Å². The summed E-state index contributed by atoms with van der Waals surface area (Å²) in [6.45, 7) is 4.54. The first-order chi connectivity index (χ1) is 7.12. The fourth-order valence-corrected chi connectivity index (χ4v) is 5.51. The van der Waals surface area contributed by atoms with Gasteiger partial charge < -0.3 is 4.57 Å². The summed E-state index contributed by atoms with van der Waals surface area (Å²) in [5.41, 5.74) is 0. The Hall–Kier alpha value is 0.230. The van der Waals surface area contributed by atoms with Gasteiger partial charge in [0.15, 0.2) is 0 Å². The van der Waals surface area contributed by atoms with Gasteiger partial charge in [-0.2, -0.15) is 0 Å². The molecule has 0 spiro atoms. The minimum Gasteiger partial charge on any atom is -0.324 e. The highest BCUT2D eigenvalue weighted by molar-refractivity contribution is 7.63.